The van der Waals surface area contributed by atoms with Crippen molar-refractivity contribution in [3.63, 3.8) is 0 Å². The molecule has 0 saturated carbocycles. The van der Waals surface area contributed by atoms with Gasteiger partial charge in [0.1, 0.15) is 11.5 Å². The highest BCUT2D eigenvalue weighted by atomic mass is 32.2. The zero-order valence-corrected chi connectivity index (χ0v) is 15.1. The molecule has 0 spiro atoms. The highest BCUT2D eigenvalue weighted by molar-refractivity contribution is 8.15. The van der Waals surface area contributed by atoms with Crippen LogP contribution >= 0.6 is 11.8 Å². The molecule has 6 nitrogen and oxygen atoms in total. The quantitative estimate of drug-likeness (QED) is 0.683. The number of thioether (sulfide) groups is 1. The van der Waals surface area contributed by atoms with Crippen molar-refractivity contribution in [1.82, 2.24) is 15.3 Å². The molecule has 2 aromatic carbocycles. The Bertz CT molecular complexity index is 1080. The minimum absolute atomic E-state index is 0.0703. The van der Waals surface area contributed by atoms with E-state index in [2.05, 4.69) is 15.5 Å². The van der Waals surface area contributed by atoms with E-state index in [1.807, 2.05) is 30.3 Å². The van der Waals surface area contributed by atoms with E-state index in [0.29, 0.717) is 27.4 Å². The van der Waals surface area contributed by atoms with Gasteiger partial charge in [0, 0.05) is 23.5 Å². The van der Waals surface area contributed by atoms with E-state index >= 15 is 0 Å². The first-order chi connectivity index (χ1) is 13.0. The van der Waals surface area contributed by atoms with E-state index in [1.54, 1.807) is 13.1 Å². The van der Waals surface area contributed by atoms with Crippen molar-refractivity contribution in [3.05, 3.63) is 60.0 Å². The van der Waals surface area contributed by atoms with Crippen molar-refractivity contribution in [3.8, 4) is 11.1 Å². The number of hydrazone groups is 1. The Morgan fingerprint density at radius 3 is 2.74 bits per heavy atom. The summed E-state index contributed by atoms with van der Waals surface area (Å²) < 4.78 is 13.8. The number of rotatable bonds is 3. The molecule has 2 heterocycles. The number of carbonyl (C=O) groups is 2. The van der Waals surface area contributed by atoms with Gasteiger partial charge in [0.05, 0.1) is 5.75 Å². The van der Waals surface area contributed by atoms with Gasteiger partial charge in [0.25, 0.3) is 5.91 Å². The van der Waals surface area contributed by atoms with E-state index in [1.165, 1.54) is 28.8 Å². The molecule has 136 valence electrons. The highest BCUT2D eigenvalue weighted by Crippen LogP contribution is 2.33. The normalized spacial score (nSPS) is 15.7. The van der Waals surface area contributed by atoms with Gasteiger partial charge in [-0.1, -0.05) is 42.1 Å². The van der Waals surface area contributed by atoms with E-state index in [4.69, 9.17) is 0 Å². The van der Waals surface area contributed by atoms with Crippen molar-refractivity contribution in [2.45, 2.75) is 0 Å². The van der Waals surface area contributed by atoms with Crippen molar-refractivity contribution >= 4 is 39.6 Å². The summed E-state index contributed by atoms with van der Waals surface area (Å²) in [6.45, 7) is 0. The number of amidine groups is 1. The van der Waals surface area contributed by atoms with Gasteiger partial charge in [-0.2, -0.15) is 0 Å². The molecule has 8 heteroatoms. The Hall–Kier alpha value is -3.13. The molecule has 0 aliphatic carbocycles. The van der Waals surface area contributed by atoms with Gasteiger partial charge in [-0.05, 0) is 23.8 Å². The Kier molecular flexibility index (Phi) is 4.41. The molecule has 0 radical (unpaired) electrons. The number of nitrogens with zero attached hydrogens (tertiary/aromatic N) is 2. The van der Waals surface area contributed by atoms with Crippen molar-refractivity contribution in [2.75, 3.05) is 12.8 Å². The molecular formula is C19H15FN4O2S. The molecule has 0 unspecified atom stereocenters. The number of H-pyrrole nitrogens is 1. The van der Waals surface area contributed by atoms with Crippen LogP contribution in [0.1, 0.15) is 10.5 Å². The first kappa shape index (κ1) is 17.3. The van der Waals surface area contributed by atoms with Gasteiger partial charge in [-0.25, -0.2) is 9.82 Å². The predicted octanol–water partition coefficient (Wildman–Crippen LogP) is 3.18. The monoisotopic (exact) mass is 382 g/mol. The number of aromatic nitrogens is 1. The first-order valence-electron chi connectivity index (χ1n) is 8.18. The van der Waals surface area contributed by atoms with Crippen LogP contribution in [0, 0.1) is 5.82 Å². The van der Waals surface area contributed by atoms with Crippen LogP contribution in [0.5, 0.6) is 0 Å². The van der Waals surface area contributed by atoms with Gasteiger partial charge in [0.15, 0.2) is 5.17 Å². The minimum atomic E-state index is -0.466. The fraction of sp³-hybridized carbons (Fsp3) is 0.105. The summed E-state index contributed by atoms with van der Waals surface area (Å²) in [4.78, 5) is 28.8. The van der Waals surface area contributed by atoms with Crippen molar-refractivity contribution in [2.24, 2.45) is 5.10 Å². The van der Waals surface area contributed by atoms with Crippen LogP contribution < -0.4 is 5.43 Å². The summed E-state index contributed by atoms with van der Waals surface area (Å²) in [7, 11) is 1.61. The molecule has 3 aromatic rings. The number of hydrogen-bond donors (Lipinski definition) is 2. The van der Waals surface area contributed by atoms with Crippen LogP contribution in [0.4, 0.5) is 4.39 Å². The summed E-state index contributed by atoms with van der Waals surface area (Å²) in [5, 5.41) is 5.08. The van der Waals surface area contributed by atoms with E-state index in [0.717, 1.165) is 5.56 Å². The van der Waals surface area contributed by atoms with Gasteiger partial charge < -0.3 is 4.98 Å². The molecule has 1 aromatic heterocycles. The second kappa shape index (κ2) is 6.88. The van der Waals surface area contributed by atoms with E-state index in [-0.39, 0.29) is 17.4 Å². The molecule has 0 atom stereocenters. The second-order valence-electron chi connectivity index (χ2n) is 6.01. The molecule has 0 bridgehead atoms. The third kappa shape index (κ3) is 3.19. The molecule has 1 aliphatic rings. The van der Waals surface area contributed by atoms with Crippen LogP contribution in [0.15, 0.2) is 53.6 Å². The lowest BCUT2D eigenvalue weighted by atomic mass is 10.0. The van der Waals surface area contributed by atoms with Gasteiger partial charge in [0.2, 0.25) is 5.91 Å². The lowest BCUT2D eigenvalue weighted by Crippen LogP contribution is -2.28. The maximum Gasteiger partial charge on any atom is 0.288 e. The number of hydrogen-bond acceptors (Lipinski definition) is 4. The second-order valence-corrected chi connectivity index (χ2v) is 6.95. The predicted molar refractivity (Wildman–Crippen MR) is 104 cm³/mol. The van der Waals surface area contributed by atoms with E-state index in [9.17, 15) is 14.0 Å². The molecule has 1 fully saturated rings. The summed E-state index contributed by atoms with van der Waals surface area (Å²) in [5.74, 6) is -0.620. The molecule has 2 N–H and O–H groups in total. The molecule has 1 saturated heterocycles. The Morgan fingerprint density at radius 2 is 2.04 bits per heavy atom. The minimum Gasteiger partial charge on any atom is -0.350 e. The zero-order valence-electron chi connectivity index (χ0n) is 14.3. The van der Waals surface area contributed by atoms with Gasteiger partial charge in [-0.15, -0.1) is 5.10 Å². The average molecular weight is 382 g/mol. The van der Waals surface area contributed by atoms with E-state index < -0.39 is 5.91 Å². The topological polar surface area (TPSA) is 77.6 Å². The summed E-state index contributed by atoms with van der Waals surface area (Å²) in [6, 6.07) is 13.6. The fourth-order valence-corrected chi connectivity index (χ4v) is 3.78. The summed E-state index contributed by atoms with van der Waals surface area (Å²) in [5.41, 5.74) is 4.81. The largest absolute Gasteiger partial charge is 0.350 e. The maximum atomic E-state index is 13.8. The maximum absolute atomic E-state index is 13.8. The molecular weight excluding hydrogens is 367 g/mol. The van der Waals surface area contributed by atoms with Crippen molar-refractivity contribution in [1.29, 1.82) is 0 Å². The highest BCUT2D eigenvalue weighted by Gasteiger charge is 2.25. The Labute approximate surface area is 158 Å². The van der Waals surface area contributed by atoms with Crippen LogP contribution in [0.3, 0.4) is 0 Å². The molecule has 1 aliphatic heterocycles. The molecule has 4 rings (SSSR count). The van der Waals surface area contributed by atoms with Crippen LogP contribution in [-0.4, -0.2) is 39.7 Å². The van der Waals surface area contributed by atoms with Crippen molar-refractivity contribution < 1.29 is 14.0 Å². The standard InChI is InChI=1S/C19H15FN4O2S/c1-24-15(25)10-27-19(24)23-22-18(26)17-16(11-5-3-2-4-6-11)13-9-12(20)7-8-14(13)21-17/h2-9,21H,10H2,1H3,(H,22,26)/b23-19-. The number of aromatic amines is 1. The lowest BCUT2D eigenvalue weighted by molar-refractivity contribution is -0.123. The summed E-state index contributed by atoms with van der Waals surface area (Å²) in [6.07, 6.45) is 0. The van der Waals surface area contributed by atoms with Crippen LogP contribution in [-0.2, 0) is 4.79 Å². The zero-order chi connectivity index (χ0) is 19.0. The van der Waals surface area contributed by atoms with Gasteiger partial charge in [-0.3, -0.25) is 14.5 Å². The van der Waals surface area contributed by atoms with Crippen LogP contribution in [0.2, 0.25) is 0 Å². The lowest BCUT2D eigenvalue weighted by Gasteiger charge is -2.08. The molecule has 27 heavy (non-hydrogen) atoms. The number of amides is 2. The SMILES string of the molecule is CN1C(=O)CS/C1=N\NC(=O)c1[nH]c2ccc(F)cc2c1-c1ccccc1. The number of halogens is 1. The number of carbonyl (C=O) groups excluding carboxylic acids is 2. The summed E-state index contributed by atoms with van der Waals surface area (Å²) >= 11 is 1.26. The Balaban J connectivity index is 1.76. The smallest absolute Gasteiger partial charge is 0.288 e. The third-order valence-electron chi connectivity index (χ3n) is 4.29. The number of fused-ring (bicyclic) bond motifs is 1. The number of benzene rings is 2. The third-order valence-corrected chi connectivity index (χ3v) is 5.30. The number of nitrogens with one attached hydrogen (secondary N) is 2. The molecule has 2 amide bonds. The Morgan fingerprint density at radius 1 is 1.26 bits per heavy atom. The van der Waals surface area contributed by atoms with Gasteiger partial charge >= 0.3 is 0 Å². The fourth-order valence-electron chi connectivity index (χ4n) is 2.93. The average Bonchev–Trinajstić information content (AvgIpc) is 3.21. The van der Waals surface area contributed by atoms with Crippen LogP contribution in [0.25, 0.3) is 22.0 Å². The first-order valence-corrected chi connectivity index (χ1v) is 9.17.